The van der Waals surface area contributed by atoms with Gasteiger partial charge in [0.1, 0.15) is 17.3 Å². The molecular weight excluding hydrogens is 229 g/mol. The number of hydrogen-bond acceptors (Lipinski definition) is 2. The van der Waals surface area contributed by atoms with E-state index in [1.807, 2.05) is 12.1 Å². The first kappa shape index (κ1) is 12.8. The van der Waals surface area contributed by atoms with Crippen molar-refractivity contribution in [3.05, 3.63) is 48.0 Å². The zero-order valence-electron chi connectivity index (χ0n) is 10.7. The fourth-order valence-corrected chi connectivity index (χ4v) is 1.66. The lowest BCUT2D eigenvalue weighted by Gasteiger charge is -2.08. The standard InChI is InChI=1S/C15H18FNO/c1-3-11(2)17-10-14-8-9-15(18-14)12-4-6-13(16)7-5-12/h4-9,11,17H,3,10H2,1-2H3/t11-/m1/s1. The molecule has 1 atom stereocenters. The Labute approximate surface area is 107 Å². The first-order valence-electron chi connectivity index (χ1n) is 6.27. The van der Waals surface area contributed by atoms with Crippen LogP contribution < -0.4 is 5.32 Å². The second kappa shape index (κ2) is 5.83. The van der Waals surface area contributed by atoms with Gasteiger partial charge in [0, 0.05) is 11.6 Å². The molecule has 2 nitrogen and oxygen atoms in total. The highest BCUT2D eigenvalue weighted by atomic mass is 19.1. The van der Waals surface area contributed by atoms with Crippen LogP contribution in [0.4, 0.5) is 4.39 Å². The average molecular weight is 247 g/mol. The predicted octanol–water partition coefficient (Wildman–Crippen LogP) is 3.97. The smallest absolute Gasteiger partial charge is 0.134 e. The molecule has 0 fully saturated rings. The zero-order chi connectivity index (χ0) is 13.0. The lowest BCUT2D eigenvalue weighted by molar-refractivity contribution is 0.456. The molecule has 0 unspecified atom stereocenters. The zero-order valence-corrected chi connectivity index (χ0v) is 10.7. The summed E-state index contributed by atoms with van der Waals surface area (Å²) in [5, 5.41) is 3.37. The summed E-state index contributed by atoms with van der Waals surface area (Å²) in [5.74, 6) is 1.44. The van der Waals surface area contributed by atoms with Crippen molar-refractivity contribution < 1.29 is 8.81 Å². The van der Waals surface area contributed by atoms with Crippen molar-refractivity contribution in [2.75, 3.05) is 0 Å². The fourth-order valence-electron chi connectivity index (χ4n) is 1.66. The minimum absolute atomic E-state index is 0.232. The van der Waals surface area contributed by atoms with Gasteiger partial charge in [0.2, 0.25) is 0 Å². The molecule has 0 aliphatic carbocycles. The van der Waals surface area contributed by atoms with Gasteiger partial charge in [-0.25, -0.2) is 4.39 Å². The maximum atomic E-state index is 12.8. The second-order valence-corrected chi connectivity index (χ2v) is 4.46. The van der Waals surface area contributed by atoms with Crippen LogP contribution in [0.3, 0.4) is 0 Å². The molecule has 0 radical (unpaired) electrons. The van der Waals surface area contributed by atoms with Crippen molar-refractivity contribution in [2.45, 2.75) is 32.9 Å². The van der Waals surface area contributed by atoms with Crippen molar-refractivity contribution in [1.82, 2.24) is 5.32 Å². The van der Waals surface area contributed by atoms with E-state index in [1.165, 1.54) is 12.1 Å². The molecule has 2 rings (SSSR count). The molecule has 0 bridgehead atoms. The summed E-state index contributed by atoms with van der Waals surface area (Å²) in [6.07, 6.45) is 1.09. The normalized spacial score (nSPS) is 12.6. The Kier molecular flexibility index (Phi) is 4.15. The monoisotopic (exact) mass is 247 g/mol. The number of furan rings is 1. The van der Waals surface area contributed by atoms with Crippen LogP contribution in [0.1, 0.15) is 26.0 Å². The molecule has 0 amide bonds. The lowest BCUT2D eigenvalue weighted by Crippen LogP contribution is -2.24. The molecule has 0 aliphatic heterocycles. The number of rotatable bonds is 5. The number of nitrogens with one attached hydrogen (secondary N) is 1. The van der Waals surface area contributed by atoms with Crippen LogP contribution in [-0.4, -0.2) is 6.04 Å². The minimum atomic E-state index is -0.232. The third-order valence-corrected chi connectivity index (χ3v) is 3.03. The third kappa shape index (κ3) is 3.20. The van der Waals surface area contributed by atoms with E-state index >= 15 is 0 Å². The molecule has 0 saturated heterocycles. The molecule has 1 heterocycles. The predicted molar refractivity (Wildman–Crippen MR) is 70.7 cm³/mol. The number of benzene rings is 1. The Bertz CT molecular complexity index is 489. The molecule has 1 aromatic carbocycles. The summed E-state index contributed by atoms with van der Waals surface area (Å²) in [6.45, 7) is 5.00. The van der Waals surface area contributed by atoms with Crippen LogP contribution in [0.25, 0.3) is 11.3 Å². The van der Waals surface area contributed by atoms with Gasteiger partial charge >= 0.3 is 0 Å². The summed E-state index contributed by atoms with van der Waals surface area (Å²) in [6, 6.07) is 10.7. The first-order valence-corrected chi connectivity index (χ1v) is 6.27. The van der Waals surface area contributed by atoms with Gasteiger partial charge in [0.15, 0.2) is 0 Å². The van der Waals surface area contributed by atoms with Gasteiger partial charge in [-0.15, -0.1) is 0 Å². The Morgan fingerprint density at radius 1 is 1.17 bits per heavy atom. The molecule has 2 aromatic rings. The molecule has 0 saturated carbocycles. The van der Waals surface area contributed by atoms with Gasteiger partial charge < -0.3 is 9.73 Å². The fraction of sp³-hybridized carbons (Fsp3) is 0.333. The van der Waals surface area contributed by atoms with Gasteiger partial charge in [-0.2, -0.15) is 0 Å². The van der Waals surface area contributed by atoms with Gasteiger partial charge in [0.05, 0.1) is 6.54 Å². The largest absolute Gasteiger partial charge is 0.460 e. The van der Waals surface area contributed by atoms with Crippen molar-refractivity contribution in [1.29, 1.82) is 0 Å². The van der Waals surface area contributed by atoms with Gasteiger partial charge in [0.25, 0.3) is 0 Å². The van der Waals surface area contributed by atoms with Crippen LogP contribution >= 0.6 is 0 Å². The van der Waals surface area contributed by atoms with Gasteiger partial charge in [-0.05, 0) is 49.7 Å². The highest BCUT2D eigenvalue weighted by Crippen LogP contribution is 2.22. The SMILES string of the molecule is CC[C@@H](C)NCc1ccc(-c2ccc(F)cc2)o1. The Morgan fingerprint density at radius 2 is 1.89 bits per heavy atom. The van der Waals surface area contributed by atoms with Crippen LogP contribution in [0, 0.1) is 5.82 Å². The minimum Gasteiger partial charge on any atom is -0.460 e. The van der Waals surface area contributed by atoms with E-state index in [-0.39, 0.29) is 5.82 Å². The van der Waals surface area contributed by atoms with Crippen LogP contribution in [0.5, 0.6) is 0 Å². The maximum absolute atomic E-state index is 12.8. The van der Waals surface area contributed by atoms with E-state index in [4.69, 9.17) is 4.42 Å². The van der Waals surface area contributed by atoms with Gasteiger partial charge in [-0.3, -0.25) is 0 Å². The van der Waals surface area contributed by atoms with E-state index in [9.17, 15) is 4.39 Å². The van der Waals surface area contributed by atoms with E-state index in [1.54, 1.807) is 12.1 Å². The Balaban J connectivity index is 2.03. The molecule has 0 spiro atoms. The molecule has 0 aliphatic rings. The van der Waals surface area contributed by atoms with Crippen LogP contribution in [0.15, 0.2) is 40.8 Å². The van der Waals surface area contributed by atoms with Crippen molar-refractivity contribution in [2.24, 2.45) is 0 Å². The number of halogens is 1. The first-order chi connectivity index (χ1) is 8.69. The van der Waals surface area contributed by atoms with Gasteiger partial charge in [-0.1, -0.05) is 6.92 Å². The van der Waals surface area contributed by atoms with E-state index in [0.717, 1.165) is 30.0 Å². The quantitative estimate of drug-likeness (QED) is 0.864. The molecule has 96 valence electrons. The molecule has 3 heteroatoms. The van der Waals surface area contributed by atoms with Crippen molar-refractivity contribution >= 4 is 0 Å². The summed E-state index contributed by atoms with van der Waals surface area (Å²) < 4.78 is 18.5. The molecule has 18 heavy (non-hydrogen) atoms. The molecule has 1 aromatic heterocycles. The Morgan fingerprint density at radius 3 is 2.56 bits per heavy atom. The van der Waals surface area contributed by atoms with E-state index < -0.39 is 0 Å². The topological polar surface area (TPSA) is 25.2 Å². The third-order valence-electron chi connectivity index (χ3n) is 3.03. The van der Waals surface area contributed by atoms with E-state index in [2.05, 4.69) is 19.2 Å². The lowest BCUT2D eigenvalue weighted by atomic mass is 10.2. The average Bonchev–Trinajstić information content (AvgIpc) is 2.85. The molecule has 1 N–H and O–H groups in total. The Hall–Kier alpha value is -1.61. The second-order valence-electron chi connectivity index (χ2n) is 4.46. The summed E-state index contributed by atoms with van der Waals surface area (Å²) in [4.78, 5) is 0. The van der Waals surface area contributed by atoms with E-state index in [0.29, 0.717) is 6.04 Å². The summed E-state index contributed by atoms with van der Waals surface area (Å²) in [7, 11) is 0. The highest BCUT2D eigenvalue weighted by molar-refractivity contribution is 5.57. The van der Waals surface area contributed by atoms with Crippen LogP contribution in [0.2, 0.25) is 0 Å². The maximum Gasteiger partial charge on any atom is 0.134 e. The van der Waals surface area contributed by atoms with Crippen molar-refractivity contribution in [3.63, 3.8) is 0 Å². The summed E-state index contributed by atoms with van der Waals surface area (Å²) in [5.41, 5.74) is 0.895. The molecular formula is C15H18FNO. The summed E-state index contributed by atoms with van der Waals surface area (Å²) >= 11 is 0. The van der Waals surface area contributed by atoms with Crippen LogP contribution in [-0.2, 0) is 6.54 Å². The van der Waals surface area contributed by atoms with Crippen molar-refractivity contribution in [3.8, 4) is 11.3 Å². The highest BCUT2D eigenvalue weighted by Gasteiger charge is 2.06. The number of hydrogen-bond donors (Lipinski definition) is 1.